The molecule has 0 saturated carbocycles. The molecule has 1 unspecified atom stereocenters. The molecule has 2 aromatic rings. The van der Waals surface area contributed by atoms with Crippen molar-refractivity contribution in [2.75, 3.05) is 19.0 Å². The van der Waals surface area contributed by atoms with Crippen molar-refractivity contribution in [3.63, 3.8) is 0 Å². The molecule has 2 rings (SSSR count). The second-order valence-electron chi connectivity index (χ2n) is 8.77. The van der Waals surface area contributed by atoms with Gasteiger partial charge in [-0.2, -0.15) is 0 Å². The Morgan fingerprint density at radius 1 is 1.14 bits per heavy atom. The topological polar surface area (TPSA) is 141 Å². The lowest BCUT2D eigenvalue weighted by Gasteiger charge is -2.23. The number of anilines is 1. The number of aryl methyl sites for hydroxylation is 1. The number of rotatable bonds is 10. The van der Waals surface area contributed by atoms with Crippen molar-refractivity contribution in [2.45, 2.75) is 58.1 Å². The zero-order valence-electron chi connectivity index (χ0n) is 20.5. The summed E-state index contributed by atoms with van der Waals surface area (Å²) in [4.78, 5) is 52.8. The molecule has 3 amide bonds. The van der Waals surface area contributed by atoms with E-state index < -0.39 is 23.6 Å². The number of ether oxygens (including phenoxy) is 2. The first-order valence-corrected chi connectivity index (χ1v) is 11.3. The Kier molecular flexibility index (Phi) is 10.2. The fourth-order valence-corrected chi connectivity index (χ4v) is 3.11. The van der Waals surface area contributed by atoms with Crippen LogP contribution in [-0.2, 0) is 25.5 Å². The number of esters is 1. The Hall–Kier alpha value is -3.89. The van der Waals surface area contributed by atoms with Gasteiger partial charge < -0.3 is 25.4 Å². The summed E-state index contributed by atoms with van der Waals surface area (Å²) in [5.74, 6) is -0.796. The average molecular weight is 488 g/mol. The maximum atomic E-state index is 13.1. The largest absolute Gasteiger partial charge is 0.469 e. The van der Waals surface area contributed by atoms with Gasteiger partial charge in [0.15, 0.2) is 0 Å². The Morgan fingerprint density at radius 3 is 2.54 bits per heavy atom. The van der Waals surface area contributed by atoms with E-state index in [0.29, 0.717) is 18.5 Å². The van der Waals surface area contributed by atoms with Gasteiger partial charge in [0.1, 0.15) is 18.0 Å². The number of nitrogens with one attached hydrogen (secondary N) is 3. The van der Waals surface area contributed by atoms with E-state index in [1.807, 2.05) is 6.07 Å². The molecular formula is C24H33N5O6. The van der Waals surface area contributed by atoms with Crippen molar-refractivity contribution in [1.29, 1.82) is 0 Å². The maximum absolute atomic E-state index is 13.1. The number of hydrogen-bond donors (Lipinski definition) is 3. The minimum atomic E-state index is -0.913. The molecular weight excluding hydrogens is 454 g/mol. The van der Waals surface area contributed by atoms with Gasteiger partial charge in [-0.1, -0.05) is 18.2 Å². The van der Waals surface area contributed by atoms with Crippen LogP contribution in [0.15, 0.2) is 43.0 Å². The van der Waals surface area contributed by atoms with E-state index in [4.69, 9.17) is 4.74 Å². The Balaban J connectivity index is 2.03. The van der Waals surface area contributed by atoms with Crippen LogP contribution < -0.4 is 16.0 Å². The van der Waals surface area contributed by atoms with Crippen LogP contribution in [0.2, 0.25) is 0 Å². The van der Waals surface area contributed by atoms with Gasteiger partial charge in [-0.3, -0.25) is 14.2 Å². The van der Waals surface area contributed by atoms with E-state index in [1.54, 1.807) is 39.0 Å². The Bertz CT molecular complexity index is 1000. The molecule has 0 fully saturated rings. The first-order chi connectivity index (χ1) is 16.6. The second kappa shape index (κ2) is 13.1. The van der Waals surface area contributed by atoms with Gasteiger partial charge in [0, 0.05) is 31.0 Å². The number of imidazole rings is 1. The summed E-state index contributed by atoms with van der Waals surface area (Å²) >= 11 is 0. The van der Waals surface area contributed by atoms with Gasteiger partial charge in [-0.15, -0.1) is 0 Å². The molecule has 3 N–H and O–H groups in total. The van der Waals surface area contributed by atoms with Crippen LogP contribution in [0.4, 0.5) is 15.3 Å². The minimum absolute atomic E-state index is 0.166. The number of methoxy groups -OCH3 is 1. The normalized spacial score (nSPS) is 11.8. The molecule has 1 aromatic carbocycles. The summed E-state index contributed by atoms with van der Waals surface area (Å²) < 4.78 is 11.3. The van der Waals surface area contributed by atoms with Crippen molar-refractivity contribution in [3.05, 3.63) is 48.5 Å². The third-order valence-electron chi connectivity index (χ3n) is 4.79. The van der Waals surface area contributed by atoms with E-state index in [0.717, 1.165) is 5.56 Å². The zero-order valence-corrected chi connectivity index (χ0v) is 20.5. The van der Waals surface area contributed by atoms with E-state index in [9.17, 15) is 19.2 Å². The number of amides is 3. The third-order valence-corrected chi connectivity index (χ3v) is 4.79. The predicted octanol–water partition coefficient (Wildman–Crippen LogP) is 2.86. The van der Waals surface area contributed by atoms with E-state index in [1.165, 1.54) is 30.4 Å². The lowest BCUT2D eigenvalue weighted by molar-refractivity contribution is -0.140. The molecule has 11 heteroatoms. The molecule has 11 nitrogen and oxygen atoms in total. The highest BCUT2D eigenvalue weighted by Gasteiger charge is 2.25. The third kappa shape index (κ3) is 9.86. The van der Waals surface area contributed by atoms with Crippen LogP contribution >= 0.6 is 0 Å². The van der Waals surface area contributed by atoms with Gasteiger partial charge in [-0.05, 0) is 51.7 Å². The first kappa shape index (κ1) is 27.4. The average Bonchev–Trinajstić information content (AvgIpc) is 3.34. The van der Waals surface area contributed by atoms with E-state index >= 15 is 0 Å². The molecule has 0 bridgehead atoms. The van der Waals surface area contributed by atoms with E-state index in [-0.39, 0.29) is 31.4 Å². The lowest BCUT2D eigenvalue weighted by Crippen LogP contribution is -2.46. The summed E-state index contributed by atoms with van der Waals surface area (Å²) in [5.41, 5.74) is 0.561. The molecule has 190 valence electrons. The van der Waals surface area contributed by atoms with Crippen molar-refractivity contribution in [3.8, 4) is 0 Å². The highest BCUT2D eigenvalue weighted by Crippen LogP contribution is 2.18. The lowest BCUT2D eigenvalue weighted by atomic mass is 10.1. The minimum Gasteiger partial charge on any atom is -0.469 e. The second-order valence-corrected chi connectivity index (χ2v) is 8.77. The molecule has 1 atom stereocenters. The molecule has 0 aliphatic heterocycles. The van der Waals surface area contributed by atoms with Crippen LogP contribution in [-0.4, -0.2) is 58.8 Å². The highest BCUT2D eigenvalue weighted by atomic mass is 16.6. The number of carbonyl (C=O) groups is 4. The molecule has 0 spiro atoms. The molecule has 0 radical (unpaired) electrons. The maximum Gasteiger partial charge on any atom is 0.408 e. The Labute approximate surface area is 204 Å². The van der Waals surface area contributed by atoms with Crippen LogP contribution in [0.1, 0.15) is 45.6 Å². The van der Waals surface area contributed by atoms with Gasteiger partial charge in [0.05, 0.1) is 7.11 Å². The fourth-order valence-electron chi connectivity index (χ4n) is 3.11. The summed E-state index contributed by atoms with van der Waals surface area (Å²) in [5, 5.41) is 8.17. The molecule has 1 aromatic heterocycles. The van der Waals surface area contributed by atoms with Gasteiger partial charge in [-0.25, -0.2) is 14.6 Å². The molecule has 0 aliphatic carbocycles. The van der Waals surface area contributed by atoms with Gasteiger partial charge >= 0.3 is 18.1 Å². The number of para-hydroxylation sites is 1. The first-order valence-electron chi connectivity index (χ1n) is 11.3. The highest BCUT2D eigenvalue weighted by molar-refractivity contribution is 5.97. The number of alkyl carbamates (subject to hydrolysis) is 1. The number of hydrogen-bond acceptors (Lipinski definition) is 7. The standard InChI is InChI=1S/C24H33N5O6/c1-24(2,3)35-23(33)28-19(10-7-13-26-22(32)29-15-14-25-16-29)21(31)27-18-9-6-5-8-17(18)11-12-20(30)34-4/h5-6,8-9,14-16,19H,7,10-13H2,1-4H3,(H,26,32)(H,27,31)(H,28,33). The zero-order chi connectivity index (χ0) is 25.8. The molecule has 0 saturated heterocycles. The number of benzene rings is 1. The fraction of sp³-hybridized carbons (Fsp3) is 0.458. The van der Waals surface area contributed by atoms with Crippen molar-refractivity contribution >= 4 is 29.7 Å². The van der Waals surface area contributed by atoms with Crippen LogP contribution in [0.25, 0.3) is 0 Å². The number of carbonyl (C=O) groups excluding carboxylic acids is 4. The van der Waals surface area contributed by atoms with Crippen LogP contribution in [0, 0.1) is 0 Å². The number of aromatic nitrogens is 2. The molecule has 35 heavy (non-hydrogen) atoms. The van der Waals surface area contributed by atoms with Crippen molar-refractivity contribution < 1.29 is 28.7 Å². The van der Waals surface area contributed by atoms with Crippen molar-refractivity contribution in [2.24, 2.45) is 0 Å². The van der Waals surface area contributed by atoms with Crippen molar-refractivity contribution in [1.82, 2.24) is 20.2 Å². The van der Waals surface area contributed by atoms with Gasteiger partial charge in [0.25, 0.3) is 0 Å². The van der Waals surface area contributed by atoms with Gasteiger partial charge in [0.2, 0.25) is 5.91 Å². The quantitative estimate of drug-likeness (QED) is 0.346. The predicted molar refractivity (Wildman–Crippen MR) is 129 cm³/mol. The van der Waals surface area contributed by atoms with E-state index in [2.05, 4.69) is 25.7 Å². The summed E-state index contributed by atoms with van der Waals surface area (Å²) in [6, 6.07) is 5.84. The molecule has 0 aliphatic rings. The summed E-state index contributed by atoms with van der Waals surface area (Å²) in [7, 11) is 1.32. The monoisotopic (exact) mass is 487 g/mol. The summed E-state index contributed by atoms with van der Waals surface area (Å²) in [6.45, 7) is 5.47. The SMILES string of the molecule is COC(=O)CCc1ccccc1NC(=O)C(CCCNC(=O)n1ccnc1)NC(=O)OC(C)(C)C. The Morgan fingerprint density at radius 2 is 1.89 bits per heavy atom. The number of nitrogens with zero attached hydrogens (tertiary/aromatic N) is 2. The smallest absolute Gasteiger partial charge is 0.408 e. The molecule has 1 heterocycles. The van der Waals surface area contributed by atoms with Crippen LogP contribution in [0.5, 0.6) is 0 Å². The summed E-state index contributed by atoms with van der Waals surface area (Å²) in [6.07, 6.45) is 4.89. The van der Waals surface area contributed by atoms with Crippen LogP contribution in [0.3, 0.4) is 0 Å².